The fourth-order valence-corrected chi connectivity index (χ4v) is 3.07. The summed E-state index contributed by atoms with van der Waals surface area (Å²) in [6.07, 6.45) is 0. The molecular formula is C23H22FN3O4. The van der Waals surface area contributed by atoms with Crippen LogP contribution in [0.4, 0.5) is 4.39 Å². The average molecular weight is 423 g/mol. The third-order valence-corrected chi connectivity index (χ3v) is 4.84. The van der Waals surface area contributed by atoms with Gasteiger partial charge in [0.25, 0.3) is 17.4 Å². The zero-order valence-corrected chi connectivity index (χ0v) is 17.1. The van der Waals surface area contributed by atoms with Crippen molar-refractivity contribution in [2.45, 2.75) is 13.1 Å². The average Bonchev–Trinajstić information content (AvgIpc) is 2.77. The smallest absolute Gasteiger partial charge is 0.293 e. The van der Waals surface area contributed by atoms with Gasteiger partial charge in [0.15, 0.2) is 5.75 Å². The second-order valence-corrected chi connectivity index (χ2v) is 7.11. The van der Waals surface area contributed by atoms with Crippen molar-refractivity contribution in [3.63, 3.8) is 0 Å². The van der Waals surface area contributed by atoms with Crippen LogP contribution < -0.4 is 10.9 Å². The first-order valence-electron chi connectivity index (χ1n) is 9.53. The van der Waals surface area contributed by atoms with Gasteiger partial charge in [-0.05, 0) is 29.3 Å². The first kappa shape index (κ1) is 21.8. The Morgan fingerprint density at radius 2 is 1.71 bits per heavy atom. The molecule has 2 aromatic carbocycles. The number of aromatic hydroxyl groups is 1. The molecule has 31 heavy (non-hydrogen) atoms. The van der Waals surface area contributed by atoms with Crippen LogP contribution in [-0.2, 0) is 20.1 Å². The molecule has 7 nitrogen and oxygen atoms in total. The monoisotopic (exact) mass is 423 g/mol. The molecule has 2 amide bonds. The van der Waals surface area contributed by atoms with Crippen LogP contribution in [0.5, 0.6) is 5.75 Å². The molecule has 0 saturated carbocycles. The minimum absolute atomic E-state index is 0.0341. The molecule has 0 aliphatic rings. The summed E-state index contributed by atoms with van der Waals surface area (Å²) in [4.78, 5) is 39.4. The number of nitrogens with zero attached hydrogens (tertiary/aromatic N) is 2. The summed E-state index contributed by atoms with van der Waals surface area (Å²) in [5.41, 5.74) is 0.345. The van der Waals surface area contributed by atoms with E-state index < -0.39 is 28.9 Å². The summed E-state index contributed by atoms with van der Waals surface area (Å²) < 4.78 is 14.0. The first-order valence-corrected chi connectivity index (χ1v) is 9.53. The molecule has 1 heterocycles. The number of benzene rings is 2. The van der Waals surface area contributed by atoms with E-state index >= 15 is 0 Å². The van der Waals surface area contributed by atoms with Gasteiger partial charge in [0, 0.05) is 27.2 Å². The van der Waals surface area contributed by atoms with E-state index in [4.69, 9.17) is 0 Å². The van der Waals surface area contributed by atoms with Crippen molar-refractivity contribution in [1.29, 1.82) is 0 Å². The molecule has 0 radical (unpaired) electrons. The third-order valence-electron chi connectivity index (χ3n) is 4.84. The van der Waals surface area contributed by atoms with Gasteiger partial charge in [0.1, 0.15) is 11.5 Å². The molecule has 3 rings (SSSR count). The van der Waals surface area contributed by atoms with Crippen molar-refractivity contribution in [1.82, 2.24) is 14.8 Å². The van der Waals surface area contributed by atoms with E-state index in [-0.39, 0.29) is 17.8 Å². The molecule has 0 fully saturated rings. The number of carbonyl (C=O) groups excluding carboxylic acids is 2. The highest BCUT2D eigenvalue weighted by Crippen LogP contribution is 2.16. The van der Waals surface area contributed by atoms with Crippen LogP contribution in [0.2, 0.25) is 0 Å². The van der Waals surface area contributed by atoms with Crippen molar-refractivity contribution < 1.29 is 19.1 Å². The number of pyridine rings is 1. The van der Waals surface area contributed by atoms with Gasteiger partial charge in [0.2, 0.25) is 0 Å². The summed E-state index contributed by atoms with van der Waals surface area (Å²) in [5, 5.41) is 12.8. The van der Waals surface area contributed by atoms with Crippen molar-refractivity contribution in [2.24, 2.45) is 7.05 Å². The molecule has 160 valence electrons. The minimum atomic E-state index is -0.856. The van der Waals surface area contributed by atoms with E-state index in [9.17, 15) is 23.9 Å². The number of amides is 2. The maximum absolute atomic E-state index is 13.0. The molecule has 0 spiro atoms. The number of halogens is 1. The lowest BCUT2D eigenvalue weighted by Crippen LogP contribution is -2.34. The Morgan fingerprint density at radius 3 is 2.35 bits per heavy atom. The van der Waals surface area contributed by atoms with Crippen LogP contribution in [0.3, 0.4) is 0 Å². The summed E-state index contributed by atoms with van der Waals surface area (Å²) in [6.45, 7) is 0.367. The highest BCUT2D eigenvalue weighted by molar-refractivity contribution is 6.00. The number of hydrogen-bond acceptors (Lipinski definition) is 4. The largest absolute Gasteiger partial charge is 0.502 e. The third kappa shape index (κ3) is 4.98. The molecule has 0 atom stereocenters. The maximum atomic E-state index is 13.0. The van der Waals surface area contributed by atoms with Gasteiger partial charge >= 0.3 is 0 Å². The van der Waals surface area contributed by atoms with Crippen molar-refractivity contribution in [3.8, 4) is 5.75 Å². The van der Waals surface area contributed by atoms with Crippen LogP contribution in [0.1, 0.15) is 32.0 Å². The normalized spacial score (nSPS) is 10.5. The number of hydrogen-bond donors (Lipinski definition) is 2. The Balaban J connectivity index is 1.83. The van der Waals surface area contributed by atoms with Crippen LogP contribution in [0.25, 0.3) is 0 Å². The van der Waals surface area contributed by atoms with E-state index in [2.05, 4.69) is 5.32 Å². The van der Waals surface area contributed by atoms with Crippen LogP contribution in [-0.4, -0.2) is 33.4 Å². The topological polar surface area (TPSA) is 91.6 Å². The molecule has 0 aliphatic carbocycles. The summed E-state index contributed by atoms with van der Waals surface area (Å²) in [6, 6.07) is 16.0. The zero-order valence-electron chi connectivity index (χ0n) is 17.1. The number of nitrogens with one attached hydrogen (secondary N) is 1. The second-order valence-electron chi connectivity index (χ2n) is 7.11. The van der Waals surface area contributed by atoms with Crippen LogP contribution in [0, 0.1) is 5.82 Å². The van der Waals surface area contributed by atoms with Gasteiger partial charge < -0.3 is 19.9 Å². The number of carbonyl (C=O) groups is 2. The standard InChI is InChI=1S/C23H22FN3O4/c1-26(14-16-6-4-3-5-7-16)22(30)19-12-18(20(28)23(31)27(19)2)21(29)25-13-15-8-10-17(24)11-9-15/h3-12,28H,13-14H2,1-2H3,(H,25,29). The minimum Gasteiger partial charge on any atom is -0.502 e. The molecule has 3 aromatic rings. The first-order chi connectivity index (χ1) is 14.8. The molecular weight excluding hydrogens is 401 g/mol. The predicted molar refractivity (Wildman–Crippen MR) is 113 cm³/mol. The van der Waals surface area contributed by atoms with Gasteiger partial charge in [-0.25, -0.2) is 4.39 Å². The fraction of sp³-hybridized carbons (Fsp3) is 0.174. The van der Waals surface area contributed by atoms with Gasteiger partial charge in [-0.2, -0.15) is 0 Å². The van der Waals surface area contributed by atoms with Gasteiger partial charge in [-0.3, -0.25) is 14.4 Å². The molecule has 1 aromatic heterocycles. The Bertz CT molecular complexity index is 1160. The quantitative estimate of drug-likeness (QED) is 0.637. The Labute approximate surface area is 178 Å². The van der Waals surface area contributed by atoms with Crippen LogP contribution >= 0.6 is 0 Å². The molecule has 0 unspecified atom stereocenters. The maximum Gasteiger partial charge on any atom is 0.293 e. The van der Waals surface area contributed by atoms with Crippen molar-refractivity contribution >= 4 is 11.8 Å². The Morgan fingerprint density at radius 1 is 1.06 bits per heavy atom. The fourth-order valence-electron chi connectivity index (χ4n) is 3.07. The second kappa shape index (κ2) is 9.25. The van der Waals surface area contributed by atoms with Crippen LogP contribution in [0.15, 0.2) is 65.5 Å². The Kier molecular flexibility index (Phi) is 6.49. The van der Waals surface area contributed by atoms with E-state index in [0.717, 1.165) is 10.1 Å². The lowest BCUT2D eigenvalue weighted by atomic mass is 10.1. The van der Waals surface area contributed by atoms with E-state index in [1.807, 2.05) is 30.3 Å². The number of rotatable bonds is 6. The summed E-state index contributed by atoms with van der Waals surface area (Å²) in [7, 11) is 2.94. The van der Waals surface area contributed by atoms with Crippen molar-refractivity contribution in [2.75, 3.05) is 7.05 Å². The molecule has 8 heteroatoms. The van der Waals surface area contributed by atoms with E-state index in [1.54, 1.807) is 7.05 Å². The number of aromatic nitrogens is 1. The van der Waals surface area contributed by atoms with Crippen molar-refractivity contribution in [3.05, 3.63) is 99.2 Å². The predicted octanol–water partition coefficient (Wildman–Crippen LogP) is 2.43. The summed E-state index contributed by atoms with van der Waals surface area (Å²) >= 11 is 0. The molecule has 0 aliphatic heterocycles. The summed E-state index contributed by atoms with van der Waals surface area (Å²) in [5.74, 6) is -2.35. The molecule has 0 saturated heterocycles. The lowest BCUT2D eigenvalue weighted by Gasteiger charge is -2.20. The van der Waals surface area contributed by atoms with E-state index in [1.165, 1.54) is 42.3 Å². The van der Waals surface area contributed by atoms with Gasteiger partial charge in [-0.15, -0.1) is 0 Å². The SMILES string of the molecule is CN(Cc1ccccc1)C(=O)c1cc(C(=O)NCc2ccc(F)cc2)c(O)c(=O)n1C. The zero-order chi connectivity index (χ0) is 22.5. The highest BCUT2D eigenvalue weighted by Gasteiger charge is 2.23. The highest BCUT2D eigenvalue weighted by atomic mass is 19.1. The van der Waals surface area contributed by atoms with Gasteiger partial charge in [-0.1, -0.05) is 42.5 Å². The molecule has 0 bridgehead atoms. The van der Waals surface area contributed by atoms with Gasteiger partial charge in [0.05, 0.1) is 5.56 Å². The van der Waals surface area contributed by atoms with E-state index in [0.29, 0.717) is 12.1 Å². The Hall–Kier alpha value is -3.94. The lowest BCUT2D eigenvalue weighted by molar-refractivity contribution is 0.0774. The molecule has 2 N–H and O–H groups in total.